The molecule has 0 radical (unpaired) electrons. The summed E-state index contributed by atoms with van der Waals surface area (Å²) in [7, 11) is 0. The number of non-ortho nitro benzene ring substituents is 1. The summed E-state index contributed by atoms with van der Waals surface area (Å²) in [6.45, 7) is 7.45. The number of likely N-dealkylation sites (tertiary alicyclic amines) is 2. The molecule has 29 heavy (non-hydrogen) atoms. The fourth-order valence-corrected chi connectivity index (χ4v) is 6.43. The van der Waals surface area contributed by atoms with Crippen LogP contribution in [-0.4, -0.2) is 54.0 Å². The molecule has 1 aromatic carbocycles. The van der Waals surface area contributed by atoms with Gasteiger partial charge < -0.3 is 4.90 Å². The fraction of sp³-hybridized carbons (Fsp3) is 0.667. The normalized spacial score (nSPS) is 29.7. The molecular weight excluding hydrogens is 362 g/mol. The second-order valence-corrected chi connectivity index (χ2v) is 9.97. The molecule has 4 fully saturated rings. The summed E-state index contributed by atoms with van der Waals surface area (Å²) < 4.78 is 0. The summed E-state index contributed by atoms with van der Waals surface area (Å²) in [4.78, 5) is 15.9. The first kappa shape index (κ1) is 19.3. The average Bonchev–Trinajstić information content (AvgIpc) is 3.38. The van der Waals surface area contributed by atoms with Crippen LogP contribution in [0.1, 0.15) is 44.1 Å². The van der Waals surface area contributed by atoms with Gasteiger partial charge in [0.2, 0.25) is 0 Å². The van der Waals surface area contributed by atoms with E-state index in [4.69, 9.17) is 0 Å². The Morgan fingerprint density at radius 2 is 1.62 bits per heavy atom. The Hall–Kier alpha value is -1.72. The van der Waals surface area contributed by atoms with Crippen LogP contribution in [0.4, 0.5) is 5.69 Å². The molecule has 2 saturated carbocycles. The van der Waals surface area contributed by atoms with Gasteiger partial charge in [-0.05, 0) is 66.5 Å². The minimum atomic E-state index is -0.342. The van der Waals surface area contributed by atoms with Gasteiger partial charge in [0.15, 0.2) is 0 Å². The molecule has 156 valence electrons. The molecule has 2 unspecified atom stereocenters. The van der Waals surface area contributed by atoms with E-state index in [1.165, 1.54) is 71.2 Å². The minimum Gasteiger partial charge on any atom is -0.302 e. The van der Waals surface area contributed by atoms with Crippen molar-refractivity contribution in [2.75, 3.05) is 39.3 Å². The first-order valence-electron chi connectivity index (χ1n) is 11.5. The first-order chi connectivity index (χ1) is 14.1. The molecule has 2 saturated heterocycles. The topological polar surface area (TPSA) is 49.6 Å². The molecule has 2 heterocycles. The molecule has 5 nitrogen and oxygen atoms in total. The van der Waals surface area contributed by atoms with E-state index < -0.39 is 0 Å². The standard InChI is InChI=1S/C24H33N3O2/c28-27(29)23-9-7-19(8-10-23)4-3-13-25-15-21-17-26(14-20-5-6-20)18-22(16-25)24(21)11-1-2-12-24/h3-4,7-10,20-22H,1-2,5-6,11-18H2/b4-3+. The van der Waals surface area contributed by atoms with E-state index in [1.807, 2.05) is 12.1 Å². The van der Waals surface area contributed by atoms with Crippen molar-refractivity contribution in [1.29, 1.82) is 0 Å². The predicted octanol–water partition coefficient (Wildman–Crippen LogP) is 4.44. The number of hydrogen-bond donors (Lipinski definition) is 0. The van der Waals surface area contributed by atoms with Crippen molar-refractivity contribution < 1.29 is 4.92 Å². The van der Waals surface area contributed by atoms with Crippen molar-refractivity contribution in [3.63, 3.8) is 0 Å². The van der Waals surface area contributed by atoms with Crippen LogP contribution in [0.2, 0.25) is 0 Å². The number of benzene rings is 1. The molecule has 4 aliphatic rings. The number of rotatable bonds is 6. The molecule has 0 aromatic heterocycles. The van der Waals surface area contributed by atoms with Crippen LogP contribution >= 0.6 is 0 Å². The van der Waals surface area contributed by atoms with Crippen LogP contribution in [0.15, 0.2) is 30.3 Å². The maximum absolute atomic E-state index is 10.8. The molecule has 2 aliphatic carbocycles. The largest absolute Gasteiger partial charge is 0.302 e. The lowest BCUT2D eigenvalue weighted by Crippen LogP contribution is -2.62. The SMILES string of the molecule is O=[N+]([O-])c1ccc(/C=C/CN2CC3CN(CC4CC4)CC(C2)C32CCCC2)cc1. The lowest BCUT2D eigenvalue weighted by Gasteiger charge is -2.57. The van der Waals surface area contributed by atoms with Gasteiger partial charge in [0, 0.05) is 51.4 Å². The van der Waals surface area contributed by atoms with Gasteiger partial charge in [0.25, 0.3) is 5.69 Å². The van der Waals surface area contributed by atoms with E-state index in [-0.39, 0.29) is 10.6 Å². The molecular formula is C24H33N3O2. The lowest BCUT2D eigenvalue weighted by molar-refractivity contribution is -0.384. The number of nitrogens with zero attached hydrogens (tertiary/aromatic N) is 3. The van der Waals surface area contributed by atoms with Crippen molar-refractivity contribution in [2.45, 2.75) is 38.5 Å². The first-order valence-corrected chi connectivity index (χ1v) is 11.5. The van der Waals surface area contributed by atoms with Crippen molar-refractivity contribution >= 4 is 11.8 Å². The summed E-state index contributed by atoms with van der Waals surface area (Å²) in [5, 5.41) is 10.8. The van der Waals surface area contributed by atoms with E-state index in [2.05, 4.69) is 22.0 Å². The number of nitro groups is 1. The predicted molar refractivity (Wildman–Crippen MR) is 116 cm³/mol. The van der Waals surface area contributed by atoms with E-state index in [9.17, 15) is 10.1 Å². The van der Waals surface area contributed by atoms with Crippen LogP contribution in [0.3, 0.4) is 0 Å². The minimum absolute atomic E-state index is 0.156. The Morgan fingerprint density at radius 3 is 2.21 bits per heavy atom. The Labute approximate surface area is 173 Å². The highest BCUT2D eigenvalue weighted by atomic mass is 16.6. The van der Waals surface area contributed by atoms with Crippen molar-refractivity contribution in [3.8, 4) is 0 Å². The zero-order valence-corrected chi connectivity index (χ0v) is 17.3. The van der Waals surface area contributed by atoms with Crippen molar-refractivity contribution in [2.24, 2.45) is 23.2 Å². The van der Waals surface area contributed by atoms with E-state index >= 15 is 0 Å². The van der Waals surface area contributed by atoms with Gasteiger partial charge in [-0.15, -0.1) is 0 Å². The van der Waals surface area contributed by atoms with E-state index in [0.29, 0.717) is 5.41 Å². The zero-order valence-electron chi connectivity index (χ0n) is 17.3. The van der Waals surface area contributed by atoms with Crippen LogP contribution in [0.25, 0.3) is 6.08 Å². The number of hydrogen-bond acceptors (Lipinski definition) is 4. The van der Waals surface area contributed by atoms with Crippen LogP contribution < -0.4 is 0 Å². The average molecular weight is 396 g/mol. The summed E-state index contributed by atoms with van der Waals surface area (Å²) in [6, 6.07) is 6.85. The van der Waals surface area contributed by atoms with Crippen molar-refractivity contribution in [1.82, 2.24) is 9.80 Å². The monoisotopic (exact) mass is 395 g/mol. The Bertz CT molecular complexity index is 747. The Kier molecular flexibility index (Phi) is 5.21. The molecule has 0 N–H and O–H groups in total. The second-order valence-electron chi connectivity index (χ2n) is 9.97. The summed E-state index contributed by atoms with van der Waals surface area (Å²) >= 11 is 0. The van der Waals surface area contributed by atoms with Crippen LogP contribution in [-0.2, 0) is 0 Å². The fourth-order valence-electron chi connectivity index (χ4n) is 6.43. The highest BCUT2D eigenvalue weighted by molar-refractivity contribution is 5.51. The molecule has 1 spiro atoms. The maximum atomic E-state index is 10.8. The van der Waals surface area contributed by atoms with Gasteiger partial charge in [-0.25, -0.2) is 0 Å². The van der Waals surface area contributed by atoms with Crippen molar-refractivity contribution in [3.05, 3.63) is 46.0 Å². The van der Waals surface area contributed by atoms with Gasteiger partial charge in [-0.1, -0.05) is 25.0 Å². The lowest BCUT2D eigenvalue weighted by atomic mass is 9.60. The molecule has 0 amide bonds. The second kappa shape index (κ2) is 7.84. The third-order valence-electron chi connectivity index (χ3n) is 8.07. The van der Waals surface area contributed by atoms with Crippen LogP contribution in [0.5, 0.6) is 0 Å². The highest BCUT2D eigenvalue weighted by Gasteiger charge is 2.54. The highest BCUT2D eigenvalue weighted by Crippen LogP contribution is 2.55. The zero-order chi connectivity index (χ0) is 19.8. The van der Waals surface area contributed by atoms with Gasteiger partial charge >= 0.3 is 0 Å². The molecule has 2 atom stereocenters. The Morgan fingerprint density at radius 1 is 1.00 bits per heavy atom. The van der Waals surface area contributed by atoms with Gasteiger partial charge in [0.05, 0.1) is 4.92 Å². The molecule has 2 bridgehead atoms. The maximum Gasteiger partial charge on any atom is 0.269 e. The third kappa shape index (κ3) is 3.99. The third-order valence-corrected chi connectivity index (χ3v) is 8.07. The summed E-state index contributed by atoms with van der Waals surface area (Å²) in [6.07, 6.45) is 13.1. The van der Waals surface area contributed by atoms with E-state index in [1.54, 1.807) is 12.1 Å². The van der Waals surface area contributed by atoms with Gasteiger partial charge in [-0.2, -0.15) is 0 Å². The van der Waals surface area contributed by atoms with Crippen LogP contribution in [0, 0.1) is 33.3 Å². The number of piperidine rings is 2. The molecule has 1 aromatic rings. The molecule has 5 rings (SSSR count). The van der Waals surface area contributed by atoms with Gasteiger partial charge in [0.1, 0.15) is 0 Å². The quantitative estimate of drug-likeness (QED) is 0.528. The smallest absolute Gasteiger partial charge is 0.269 e. The molecule has 2 aliphatic heterocycles. The molecule has 5 heteroatoms. The summed E-state index contributed by atoms with van der Waals surface area (Å²) in [5.74, 6) is 2.67. The summed E-state index contributed by atoms with van der Waals surface area (Å²) in [5.41, 5.74) is 1.83. The van der Waals surface area contributed by atoms with E-state index in [0.717, 1.165) is 29.9 Å². The van der Waals surface area contributed by atoms with Gasteiger partial charge in [-0.3, -0.25) is 15.0 Å². The number of nitro benzene ring substituents is 1. The Balaban J connectivity index is 1.22.